The van der Waals surface area contributed by atoms with Crippen LogP contribution in [0.4, 0.5) is 14.5 Å². The molecule has 0 heterocycles. The molecule has 1 amide bonds. The predicted molar refractivity (Wildman–Crippen MR) is 73.5 cm³/mol. The number of anilines is 1. The Bertz CT molecular complexity index is 641. The molecule has 2 atom stereocenters. The standard InChI is InChI=1S/C16H17F2NO2/c1-15(2)9-5-6-16(8-9,13(15)20)14(21)19-10-3-4-11(17)12(18)7-10/h3-4,7,9H,5-6,8H2,1-2H3,(H,19,21)/t9-,16-/m1/s1. The van der Waals surface area contributed by atoms with E-state index in [9.17, 15) is 18.4 Å². The van der Waals surface area contributed by atoms with Gasteiger partial charge >= 0.3 is 0 Å². The summed E-state index contributed by atoms with van der Waals surface area (Å²) in [6.07, 6.45) is 1.94. The SMILES string of the molecule is CC1(C)C(=O)[C@@]2(C(=O)Nc3ccc(F)c(F)c3)CC[C@@H]1C2. The molecule has 5 heteroatoms. The van der Waals surface area contributed by atoms with Gasteiger partial charge < -0.3 is 5.32 Å². The lowest BCUT2D eigenvalue weighted by atomic mass is 9.70. The van der Waals surface area contributed by atoms with Gasteiger partial charge in [-0.25, -0.2) is 8.78 Å². The number of rotatable bonds is 2. The second kappa shape index (κ2) is 4.36. The van der Waals surface area contributed by atoms with Crippen molar-refractivity contribution in [2.45, 2.75) is 33.1 Å². The fraction of sp³-hybridized carbons (Fsp3) is 0.500. The second-order valence-corrected chi connectivity index (χ2v) is 6.66. The van der Waals surface area contributed by atoms with Gasteiger partial charge in [0.25, 0.3) is 0 Å². The Balaban J connectivity index is 1.86. The fourth-order valence-corrected chi connectivity index (χ4v) is 3.80. The molecule has 0 aromatic heterocycles. The van der Waals surface area contributed by atoms with Crippen LogP contribution in [-0.4, -0.2) is 11.7 Å². The van der Waals surface area contributed by atoms with Crippen LogP contribution in [0, 0.1) is 28.4 Å². The van der Waals surface area contributed by atoms with Crippen molar-refractivity contribution >= 4 is 17.4 Å². The molecule has 0 unspecified atom stereocenters. The van der Waals surface area contributed by atoms with Crippen LogP contribution in [-0.2, 0) is 9.59 Å². The van der Waals surface area contributed by atoms with Crippen molar-refractivity contribution in [2.24, 2.45) is 16.7 Å². The van der Waals surface area contributed by atoms with Gasteiger partial charge in [-0.3, -0.25) is 9.59 Å². The van der Waals surface area contributed by atoms with Crippen LogP contribution in [0.5, 0.6) is 0 Å². The molecule has 1 aromatic carbocycles. The molecule has 0 spiro atoms. The second-order valence-electron chi connectivity index (χ2n) is 6.66. The van der Waals surface area contributed by atoms with E-state index in [-0.39, 0.29) is 17.4 Å². The van der Waals surface area contributed by atoms with E-state index < -0.39 is 28.4 Å². The van der Waals surface area contributed by atoms with E-state index in [1.165, 1.54) is 6.07 Å². The fourth-order valence-electron chi connectivity index (χ4n) is 3.80. The maximum absolute atomic E-state index is 13.2. The van der Waals surface area contributed by atoms with Crippen LogP contribution in [0.3, 0.4) is 0 Å². The van der Waals surface area contributed by atoms with Crippen LogP contribution in [0.25, 0.3) is 0 Å². The first-order chi connectivity index (χ1) is 9.77. The average Bonchev–Trinajstić information content (AvgIpc) is 2.95. The first-order valence-corrected chi connectivity index (χ1v) is 7.09. The molecule has 3 nitrogen and oxygen atoms in total. The third-order valence-electron chi connectivity index (χ3n) is 5.17. The molecular formula is C16H17F2NO2. The molecule has 3 rings (SSSR count). The Morgan fingerprint density at radius 2 is 2.00 bits per heavy atom. The maximum atomic E-state index is 13.2. The molecule has 0 aliphatic heterocycles. The Hall–Kier alpha value is -1.78. The Morgan fingerprint density at radius 1 is 1.29 bits per heavy atom. The van der Waals surface area contributed by atoms with Gasteiger partial charge in [-0.15, -0.1) is 0 Å². The molecule has 1 N–H and O–H groups in total. The highest BCUT2D eigenvalue weighted by Gasteiger charge is 2.64. The smallest absolute Gasteiger partial charge is 0.238 e. The number of carbonyl (C=O) groups excluding carboxylic acids is 2. The molecular weight excluding hydrogens is 276 g/mol. The van der Waals surface area contributed by atoms with Gasteiger partial charge in [-0.1, -0.05) is 13.8 Å². The van der Waals surface area contributed by atoms with Crippen LogP contribution in [0.1, 0.15) is 33.1 Å². The highest BCUT2D eigenvalue weighted by molar-refractivity contribution is 6.15. The zero-order chi connectivity index (χ0) is 15.4. The van der Waals surface area contributed by atoms with Crippen molar-refractivity contribution in [3.8, 4) is 0 Å². The molecule has 21 heavy (non-hydrogen) atoms. The monoisotopic (exact) mass is 293 g/mol. The number of fused-ring (bicyclic) bond motifs is 2. The number of hydrogen-bond donors (Lipinski definition) is 1. The van der Waals surface area contributed by atoms with E-state index in [4.69, 9.17) is 0 Å². The summed E-state index contributed by atoms with van der Waals surface area (Å²) in [6, 6.07) is 3.19. The molecule has 0 radical (unpaired) electrons. The van der Waals surface area contributed by atoms with Crippen molar-refractivity contribution in [3.05, 3.63) is 29.8 Å². The highest BCUT2D eigenvalue weighted by atomic mass is 19.2. The van der Waals surface area contributed by atoms with Crippen molar-refractivity contribution in [1.82, 2.24) is 0 Å². The summed E-state index contributed by atoms with van der Waals surface area (Å²) in [6.45, 7) is 3.76. The Labute approximate surface area is 121 Å². The van der Waals surface area contributed by atoms with Gasteiger partial charge in [0.15, 0.2) is 17.4 Å². The largest absolute Gasteiger partial charge is 0.325 e. The number of carbonyl (C=O) groups is 2. The minimum absolute atomic E-state index is 0.0358. The quantitative estimate of drug-likeness (QED) is 0.850. The van der Waals surface area contributed by atoms with E-state index >= 15 is 0 Å². The number of halogens is 2. The summed E-state index contributed by atoms with van der Waals surface area (Å²) < 4.78 is 26.1. The highest BCUT2D eigenvalue weighted by Crippen LogP contribution is 2.60. The van der Waals surface area contributed by atoms with Crippen molar-refractivity contribution in [2.75, 3.05) is 5.32 Å². The zero-order valence-corrected chi connectivity index (χ0v) is 12.0. The predicted octanol–water partition coefficient (Wildman–Crippen LogP) is 3.30. The van der Waals surface area contributed by atoms with E-state index in [2.05, 4.69) is 5.32 Å². The molecule has 2 saturated carbocycles. The number of amides is 1. The number of benzene rings is 1. The molecule has 2 aliphatic rings. The minimum Gasteiger partial charge on any atom is -0.325 e. The summed E-state index contributed by atoms with van der Waals surface area (Å²) in [4.78, 5) is 25.1. The van der Waals surface area contributed by atoms with E-state index in [1.807, 2.05) is 13.8 Å². The van der Waals surface area contributed by atoms with Gasteiger partial charge in [-0.05, 0) is 37.3 Å². The van der Waals surface area contributed by atoms with Gasteiger partial charge in [0.1, 0.15) is 5.41 Å². The molecule has 2 bridgehead atoms. The average molecular weight is 293 g/mol. The molecule has 2 aliphatic carbocycles. The van der Waals surface area contributed by atoms with E-state index in [0.717, 1.165) is 18.6 Å². The van der Waals surface area contributed by atoms with Crippen LogP contribution in [0.2, 0.25) is 0 Å². The number of Topliss-reactive ketones (excluding diaryl/α,β-unsaturated/α-hetero) is 1. The van der Waals surface area contributed by atoms with Crippen molar-refractivity contribution in [3.63, 3.8) is 0 Å². The summed E-state index contributed by atoms with van der Waals surface area (Å²) in [7, 11) is 0. The maximum Gasteiger partial charge on any atom is 0.238 e. The zero-order valence-electron chi connectivity index (χ0n) is 12.0. The number of hydrogen-bond acceptors (Lipinski definition) is 2. The molecule has 2 fully saturated rings. The minimum atomic E-state index is -1.02. The van der Waals surface area contributed by atoms with Crippen LogP contribution >= 0.6 is 0 Å². The summed E-state index contributed by atoms with van der Waals surface area (Å²) in [5.74, 6) is -2.20. The number of nitrogens with one attached hydrogen (secondary N) is 1. The topological polar surface area (TPSA) is 46.2 Å². The number of ketones is 1. The normalized spacial score (nSPS) is 29.7. The first-order valence-electron chi connectivity index (χ1n) is 7.09. The van der Waals surface area contributed by atoms with Crippen LogP contribution < -0.4 is 5.32 Å². The van der Waals surface area contributed by atoms with Gasteiger partial charge in [0.05, 0.1) is 0 Å². The van der Waals surface area contributed by atoms with E-state index in [1.54, 1.807) is 0 Å². The summed E-state index contributed by atoms with van der Waals surface area (Å²) in [5, 5.41) is 2.57. The van der Waals surface area contributed by atoms with Crippen molar-refractivity contribution < 1.29 is 18.4 Å². The van der Waals surface area contributed by atoms with Gasteiger partial charge in [-0.2, -0.15) is 0 Å². The Morgan fingerprint density at radius 3 is 2.57 bits per heavy atom. The Kier molecular flexibility index (Phi) is 2.94. The molecule has 112 valence electrons. The third kappa shape index (κ3) is 1.90. The van der Waals surface area contributed by atoms with Crippen LogP contribution in [0.15, 0.2) is 18.2 Å². The lowest BCUT2D eigenvalue weighted by Crippen LogP contribution is -2.44. The lowest BCUT2D eigenvalue weighted by molar-refractivity contribution is -0.142. The first kappa shape index (κ1) is 14.2. The third-order valence-corrected chi connectivity index (χ3v) is 5.17. The van der Waals surface area contributed by atoms with Gasteiger partial charge in [0, 0.05) is 17.2 Å². The van der Waals surface area contributed by atoms with E-state index in [0.29, 0.717) is 12.8 Å². The molecule has 0 saturated heterocycles. The van der Waals surface area contributed by atoms with Crippen molar-refractivity contribution in [1.29, 1.82) is 0 Å². The lowest BCUT2D eigenvalue weighted by Gasteiger charge is -2.32. The molecule has 1 aromatic rings. The van der Waals surface area contributed by atoms with Gasteiger partial charge in [0.2, 0.25) is 5.91 Å². The summed E-state index contributed by atoms with van der Waals surface area (Å²) >= 11 is 0. The summed E-state index contributed by atoms with van der Waals surface area (Å²) in [5.41, 5.74) is -1.31.